The van der Waals surface area contributed by atoms with E-state index in [9.17, 15) is 14.0 Å². The maximum absolute atomic E-state index is 14.3. The summed E-state index contributed by atoms with van der Waals surface area (Å²) < 4.78 is 27.2. The van der Waals surface area contributed by atoms with Crippen molar-refractivity contribution in [2.45, 2.75) is 39.3 Å². The number of benzene rings is 1. The smallest absolute Gasteiger partial charge is 0.423 e. The largest absolute Gasteiger partial charge is 0.492 e. The average molecular weight is 572 g/mol. The van der Waals surface area contributed by atoms with Crippen LogP contribution in [0.4, 0.5) is 15.0 Å². The molecule has 0 spiro atoms. The van der Waals surface area contributed by atoms with Crippen molar-refractivity contribution in [3.05, 3.63) is 77.8 Å². The number of carbonyl (C=O) groups excluding carboxylic acids is 2. The third kappa shape index (κ3) is 6.88. The molecule has 0 unspecified atom stereocenters. The van der Waals surface area contributed by atoms with E-state index in [1.165, 1.54) is 18.5 Å². The van der Waals surface area contributed by atoms with Crippen LogP contribution in [0, 0.1) is 5.82 Å². The Labute approximate surface area is 222 Å². The molecule has 3 aromatic rings. The number of amides is 2. The third-order valence-electron chi connectivity index (χ3n) is 4.75. The normalized spacial score (nSPS) is 11.1. The minimum Gasteiger partial charge on any atom is -0.492 e. The van der Waals surface area contributed by atoms with Gasteiger partial charge in [0.15, 0.2) is 5.82 Å². The fourth-order valence-electron chi connectivity index (χ4n) is 3.17. The van der Waals surface area contributed by atoms with Crippen LogP contribution in [0.25, 0.3) is 11.5 Å². The summed E-state index contributed by atoms with van der Waals surface area (Å²) in [6, 6.07) is 7.11. The van der Waals surface area contributed by atoms with Crippen LogP contribution in [-0.4, -0.2) is 44.0 Å². The summed E-state index contributed by atoms with van der Waals surface area (Å²) in [5.41, 5.74) is -0.615. The molecule has 194 valence electrons. The highest BCUT2D eigenvalue weighted by molar-refractivity contribution is 9.10. The molecule has 0 saturated carbocycles. The van der Waals surface area contributed by atoms with Crippen LogP contribution in [0.3, 0.4) is 0 Å². The SMILES string of the molecule is C=CCCOc1cc(F)c(Br)cc1C(=O)N(C(=O)OC(C)(C)C)c1cccc(-c2nncn2CC=C)n1. The van der Waals surface area contributed by atoms with Crippen LogP contribution in [0.15, 0.2) is 66.4 Å². The van der Waals surface area contributed by atoms with Crippen molar-refractivity contribution in [2.24, 2.45) is 0 Å². The van der Waals surface area contributed by atoms with Gasteiger partial charge in [-0.1, -0.05) is 18.2 Å². The number of aromatic nitrogens is 4. The molecule has 1 aromatic carbocycles. The van der Waals surface area contributed by atoms with Gasteiger partial charge >= 0.3 is 6.09 Å². The summed E-state index contributed by atoms with van der Waals surface area (Å²) in [7, 11) is 0. The molecule has 2 aromatic heterocycles. The van der Waals surface area contributed by atoms with Gasteiger partial charge in [-0.3, -0.25) is 4.79 Å². The van der Waals surface area contributed by atoms with E-state index in [4.69, 9.17) is 9.47 Å². The van der Waals surface area contributed by atoms with E-state index in [2.05, 4.69) is 44.3 Å². The molecule has 0 atom stereocenters. The quantitative estimate of drug-likeness (QED) is 0.230. The topological polar surface area (TPSA) is 99.4 Å². The summed E-state index contributed by atoms with van der Waals surface area (Å²) in [6.45, 7) is 13.0. The first kappa shape index (κ1) is 27.7. The Balaban J connectivity index is 2.12. The molecule has 2 heterocycles. The zero-order chi connectivity index (χ0) is 27.2. The van der Waals surface area contributed by atoms with Crippen LogP contribution >= 0.6 is 15.9 Å². The lowest BCUT2D eigenvalue weighted by Gasteiger charge is -2.26. The zero-order valence-corrected chi connectivity index (χ0v) is 22.4. The predicted octanol–water partition coefficient (Wildman–Crippen LogP) is 5.96. The molecule has 0 N–H and O–H groups in total. The summed E-state index contributed by atoms with van der Waals surface area (Å²) >= 11 is 3.11. The first-order valence-corrected chi connectivity index (χ1v) is 12.1. The monoisotopic (exact) mass is 571 g/mol. The van der Waals surface area contributed by atoms with Gasteiger partial charge in [0, 0.05) is 12.6 Å². The van der Waals surface area contributed by atoms with Gasteiger partial charge in [0.05, 0.1) is 16.6 Å². The van der Waals surface area contributed by atoms with E-state index in [0.29, 0.717) is 24.5 Å². The number of hydrogen-bond acceptors (Lipinski definition) is 7. The van der Waals surface area contributed by atoms with Crippen LogP contribution in [0.1, 0.15) is 37.6 Å². The molecule has 11 heteroatoms. The molecule has 0 radical (unpaired) electrons. The van der Waals surface area contributed by atoms with Gasteiger partial charge in [-0.25, -0.2) is 14.2 Å². The summed E-state index contributed by atoms with van der Waals surface area (Å²) in [4.78, 5) is 32.5. The Kier molecular flexibility index (Phi) is 8.93. The van der Waals surface area contributed by atoms with Gasteiger partial charge in [-0.2, -0.15) is 4.90 Å². The van der Waals surface area contributed by atoms with E-state index in [-0.39, 0.29) is 28.2 Å². The van der Waals surface area contributed by atoms with Gasteiger partial charge in [0.2, 0.25) is 0 Å². The highest BCUT2D eigenvalue weighted by Gasteiger charge is 2.33. The van der Waals surface area contributed by atoms with Gasteiger partial charge in [-0.15, -0.1) is 23.4 Å². The second-order valence-electron chi connectivity index (χ2n) is 8.79. The molecule has 9 nitrogen and oxygen atoms in total. The molecule has 0 saturated heterocycles. The number of imide groups is 1. The van der Waals surface area contributed by atoms with Crippen LogP contribution in [0.2, 0.25) is 0 Å². The molecule has 0 fully saturated rings. The van der Waals surface area contributed by atoms with Crippen molar-refractivity contribution >= 4 is 33.7 Å². The minimum atomic E-state index is -0.966. The van der Waals surface area contributed by atoms with Crippen molar-refractivity contribution in [3.63, 3.8) is 0 Å². The zero-order valence-electron chi connectivity index (χ0n) is 20.8. The third-order valence-corrected chi connectivity index (χ3v) is 5.35. The lowest BCUT2D eigenvalue weighted by Crippen LogP contribution is -2.41. The first-order chi connectivity index (χ1) is 17.6. The predicted molar refractivity (Wildman–Crippen MR) is 141 cm³/mol. The van der Waals surface area contributed by atoms with E-state index in [0.717, 1.165) is 11.0 Å². The van der Waals surface area contributed by atoms with Crippen molar-refractivity contribution in [1.82, 2.24) is 19.7 Å². The molecule has 2 amide bonds. The summed E-state index contributed by atoms with van der Waals surface area (Å²) in [5.74, 6) is -1.10. The average Bonchev–Trinajstić information content (AvgIpc) is 3.29. The van der Waals surface area contributed by atoms with Crippen molar-refractivity contribution in [3.8, 4) is 17.3 Å². The number of allylic oxidation sites excluding steroid dienone is 1. The molecular weight excluding hydrogens is 545 g/mol. The number of ether oxygens (including phenoxy) is 2. The molecule has 0 aliphatic rings. The second-order valence-corrected chi connectivity index (χ2v) is 9.64. The molecule has 0 bridgehead atoms. The van der Waals surface area contributed by atoms with Crippen molar-refractivity contribution in [2.75, 3.05) is 11.5 Å². The summed E-state index contributed by atoms with van der Waals surface area (Å²) in [5, 5.41) is 8.01. The highest BCUT2D eigenvalue weighted by atomic mass is 79.9. The Morgan fingerprint density at radius 1 is 1.22 bits per heavy atom. The maximum atomic E-state index is 14.3. The van der Waals surface area contributed by atoms with Crippen LogP contribution < -0.4 is 9.64 Å². The van der Waals surface area contributed by atoms with Gasteiger partial charge in [-0.05, 0) is 61.3 Å². The van der Waals surface area contributed by atoms with Gasteiger partial charge in [0.25, 0.3) is 5.91 Å². The fraction of sp³-hybridized carbons (Fsp3) is 0.269. The van der Waals surface area contributed by atoms with Crippen molar-refractivity contribution in [1.29, 1.82) is 0 Å². The maximum Gasteiger partial charge on any atom is 0.423 e. The molecule has 0 aliphatic carbocycles. The molecular formula is C26H27BrFN5O4. The Morgan fingerprint density at radius 2 is 1.97 bits per heavy atom. The van der Waals surface area contributed by atoms with Crippen LogP contribution in [0.5, 0.6) is 5.75 Å². The Hall–Kier alpha value is -3.86. The number of rotatable bonds is 9. The number of hydrogen-bond donors (Lipinski definition) is 0. The van der Waals surface area contributed by atoms with Crippen molar-refractivity contribution < 1.29 is 23.5 Å². The standard InChI is InChI=1S/C26H27BrFN5O4/c1-6-8-13-36-21-15-19(28)18(27)14-17(21)24(34)33(25(35)37-26(3,4)5)22-11-9-10-20(30-22)23-31-29-16-32(23)12-7-2/h6-7,9-11,14-16H,1-2,8,12-13H2,3-5H3. The number of halogens is 2. The second kappa shape index (κ2) is 11.9. The fourth-order valence-corrected chi connectivity index (χ4v) is 3.52. The Morgan fingerprint density at radius 3 is 2.65 bits per heavy atom. The van der Waals surface area contributed by atoms with Crippen LogP contribution in [-0.2, 0) is 11.3 Å². The number of carbonyl (C=O) groups is 2. The van der Waals surface area contributed by atoms with Gasteiger partial charge in [0.1, 0.15) is 35.0 Å². The molecule has 0 aliphatic heterocycles. The number of pyridine rings is 1. The van der Waals surface area contributed by atoms with Gasteiger partial charge < -0.3 is 14.0 Å². The highest BCUT2D eigenvalue weighted by Crippen LogP contribution is 2.30. The number of anilines is 1. The first-order valence-electron chi connectivity index (χ1n) is 11.3. The molecule has 37 heavy (non-hydrogen) atoms. The van der Waals surface area contributed by atoms with E-state index >= 15 is 0 Å². The van der Waals surface area contributed by atoms with E-state index < -0.39 is 23.4 Å². The molecule has 3 rings (SSSR count). The van der Waals surface area contributed by atoms with E-state index in [1.54, 1.807) is 49.6 Å². The number of nitrogens with zero attached hydrogens (tertiary/aromatic N) is 5. The Bertz CT molecular complexity index is 1320. The lowest BCUT2D eigenvalue weighted by atomic mass is 10.1. The lowest BCUT2D eigenvalue weighted by molar-refractivity contribution is 0.0562. The minimum absolute atomic E-state index is 0.0234. The van der Waals surface area contributed by atoms with E-state index in [1.807, 2.05) is 0 Å². The summed E-state index contributed by atoms with van der Waals surface area (Å²) in [6.07, 6.45) is 4.33.